The minimum absolute atomic E-state index is 0.0903. The van der Waals surface area contributed by atoms with Gasteiger partial charge in [-0.25, -0.2) is 0 Å². The Kier molecular flexibility index (Phi) is 3.93. The summed E-state index contributed by atoms with van der Waals surface area (Å²) in [6.45, 7) is 0. The van der Waals surface area contributed by atoms with Gasteiger partial charge in [-0.05, 0) is 31.6 Å². The molecule has 15 heavy (non-hydrogen) atoms. The molecule has 0 saturated heterocycles. The van der Waals surface area contributed by atoms with E-state index in [1.165, 1.54) is 38.5 Å². The van der Waals surface area contributed by atoms with E-state index < -0.39 is 0 Å². The van der Waals surface area contributed by atoms with Crippen LogP contribution in [0.15, 0.2) is 0 Å². The van der Waals surface area contributed by atoms with Crippen molar-refractivity contribution < 1.29 is 4.79 Å². The number of Topliss-reactive ketones (excluding diaryl/α,β-unsaturated/α-hetero) is 1. The summed E-state index contributed by atoms with van der Waals surface area (Å²) in [5.41, 5.74) is 0. The van der Waals surface area contributed by atoms with E-state index in [4.69, 9.17) is 0 Å². The van der Waals surface area contributed by atoms with Crippen LogP contribution >= 0.6 is 31.9 Å². The molecule has 2 aliphatic rings. The van der Waals surface area contributed by atoms with Crippen LogP contribution in [0.5, 0.6) is 0 Å². The molecule has 0 aromatic rings. The van der Waals surface area contributed by atoms with E-state index in [2.05, 4.69) is 31.9 Å². The SMILES string of the molecule is O=C1C(Br)CCCC1(Br)C1CCCCC1. The molecular weight excluding hydrogens is 320 g/mol. The van der Waals surface area contributed by atoms with Crippen molar-refractivity contribution in [3.05, 3.63) is 0 Å². The zero-order valence-corrected chi connectivity index (χ0v) is 12.1. The van der Waals surface area contributed by atoms with E-state index in [0.29, 0.717) is 11.7 Å². The van der Waals surface area contributed by atoms with Crippen molar-refractivity contribution >= 4 is 37.6 Å². The summed E-state index contributed by atoms with van der Waals surface area (Å²) in [6.07, 6.45) is 9.65. The fourth-order valence-electron chi connectivity index (χ4n) is 3.02. The monoisotopic (exact) mass is 336 g/mol. The van der Waals surface area contributed by atoms with Crippen molar-refractivity contribution in [3.8, 4) is 0 Å². The van der Waals surface area contributed by atoms with Gasteiger partial charge in [0.15, 0.2) is 5.78 Å². The van der Waals surface area contributed by atoms with Gasteiger partial charge in [-0.1, -0.05) is 57.5 Å². The number of ketones is 1. The second-order valence-corrected chi connectivity index (χ2v) is 7.44. The molecule has 0 bridgehead atoms. The molecular formula is C12H18Br2O. The zero-order chi connectivity index (χ0) is 10.9. The third kappa shape index (κ3) is 2.33. The number of rotatable bonds is 1. The van der Waals surface area contributed by atoms with Gasteiger partial charge in [0, 0.05) is 0 Å². The van der Waals surface area contributed by atoms with Gasteiger partial charge in [-0.3, -0.25) is 4.79 Å². The highest BCUT2D eigenvalue weighted by Gasteiger charge is 2.47. The molecule has 2 saturated carbocycles. The maximum Gasteiger partial charge on any atom is 0.163 e. The summed E-state index contributed by atoms with van der Waals surface area (Å²) in [6, 6.07) is 0. The van der Waals surface area contributed by atoms with Crippen LogP contribution < -0.4 is 0 Å². The van der Waals surface area contributed by atoms with Gasteiger partial charge in [0.1, 0.15) is 0 Å². The van der Waals surface area contributed by atoms with E-state index in [0.717, 1.165) is 12.8 Å². The molecule has 0 radical (unpaired) electrons. The van der Waals surface area contributed by atoms with Gasteiger partial charge in [0.2, 0.25) is 0 Å². The molecule has 0 amide bonds. The molecule has 2 aliphatic carbocycles. The Labute approximate surface area is 109 Å². The van der Waals surface area contributed by atoms with Crippen LogP contribution in [0.2, 0.25) is 0 Å². The highest BCUT2D eigenvalue weighted by atomic mass is 79.9. The molecule has 2 rings (SSSR count). The second-order valence-electron chi connectivity index (χ2n) is 4.92. The number of hydrogen-bond donors (Lipinski definition) is 0. The Balaban J connectivity index is 2.12. The van der Waals surface area contributed by atoms with Crippen molar-refractivity contribution in [2.45, 2.75) is 60.5 Å². The molecule has 2 atom stereocenters. The van der Waals surface area contributed by atoms with Crippen LogP contribution in [0.25, 0.3) is 0 Å². The lowest BCUT2D eigenvalue weighted by Gasteiger charge is -2.41. The lowest BCUT2D eigenvalue weighted by atomic mass is 9.72. The van der Waals surface area contributed by atoms with Gasteiger partial charge in [-0.2, -0.15) is 0 Å². The van der Waals surface area contributed by atoms with Crippen LogP contribution in [-0.2, 0) is 4.79 Å². The third-order valence-corrected chi connectivity index (χ3v) is 6.25. The lowest BCUT2D eigenvalue weighted by Crippen LogP contribution is -2.47. The quantitative estimate of drug-likeness (QED) is 0.655. The molecule has 0 aromatic heterocycles. The van der Waals surface area contributed by atoms with Gasteiger partial charge in [0.25, 0.3) is 0 Å². The van der Waals surface area contributed by atoms with Crippen molar-refractivity contribution in [2.24, 2.45) is 5.92 Å². The summed E-state index contributed by atoms with van der Waals surface area (Å²) >= 11 is 7.30. The second kappa shape index (κ2) is 4.87. The third-order valence-electron chi connectivity index (χ3n) is 3.94. The molecule has 86 valence electrons. The standard InChI is InChI=1S/C12H18Br2O/c13-10-7-4-8-12(14,11(10)15)9-5-2-1-3-6-9/h9-10H,1-8H2. The average Bonchev–Trinajstić information content (AvgIpc) is 2.27. The molecule has 0 spiro atoms. The first-order valence-electron chi connectivity index (χ1n) is 6.02. The Bertz CT molecular complexity index is 248. The summed E-state index contributed by atoms with van der Waals surface area (Å²) in [7, 11) is 0. The highest BCUT2D eigenvalue weighted by molar-refractivity contribution is 9.11. The van der Waals surface area contributed by atoms with Crippen LogP contribution in [0.1, 0.15) is 51.4 Å². The maximum absolute atomic E-state index is 12.3. The van der Waals surface area contributed by atoms with Crippen LogP contribution in [0.4, 0.5) is 0 Å². The maximum atomic E-state index is 12.3. The summed E-state index contributed by atoms with van der Waals surface area (Å²) < 4.78 is -0.195. The number of alkyl halides is 2. The predicted molar refractivity (Wildman–Crippen MR) is 69.8 cm³/mol. The Morgan fingerprint density at radius 2 is 1.73 bits per heavy atom. The van der Waals surface area contributed by atoms with Crippen molar-refractivity contribution in [2.75, 3.05) is 0 Å². The van der Waals surface area contributed by atoms with Crippen molar-refractivity contribution in [3.63, 3.8) is 0 Å². The Morgan fingerprint density at radius 3 is 2.40 bits per heavy atom. The highest BCUT2D eigenvalue weighted by Crippen LogP contribution is 2.46. The first kappa shape index (κ1) is 12.1. The van der Waals surface area contributed by atoms with Gasteiger partial charge >= 0.3 is 0 Å². The minimum atomic E-state index is -0.195. The fourth-order valence-corrected chi connectivity index (χ4v) is 5.07. The molecule has 3 heteroatoms. The number of halogens is 2. The fraction of sp³-hybridized carbons (Fsp3) is 0.917. The van der Waals surface area contributed by atoms with E-state index in [9.17, 15) is 4.79 Å². The van der Waals surface area contributed by atoms with E-state index in [1.807, 2.05) is 0 Å². The summed E-state index contributed by atoms with van der Waals surface area (Å²) in [5.74, 6) is 0.986. The molecule has 2 unspecified atom stereocenters. The number of hydrogen-bond acceptors (Lipinski definition) is 1. The predicted octanol–water partition coefficient (Wildman–Crippen LogP) is 4.22. The lowest BCUT2D eigenvalue weighted by molar-refractivity contribution is -0.123. The normalized spacial score (nSPS) is 39.3. The smallest absolute Gasteiger partial charge is 0.163 e. The summed E-state index contributed by atoms with van der Waals surface area (Å²) in [4.78, 5) is 12.3. The Morgan fingerprint density at radius 1 is 1.07 bits per heavy atom. The first-order valence-corrected chi connectivity index (χ1v) is 7.73. The van der Waals surface area contributed by atoms with Gasteiger partial charge < -0.3 is 0 Å². The van der Waals surface area contributed by atoms with Crippen LogP contribution in [0.3, 0.4) is 0 Å². The first-order chi connectivity index (χ1) is 7.14. The summed E-state index contributed by atoms with van der Waals surface area (Å²) in [5, 5.41) is 0. The Hall–Kier alpha value is 0.630. The molecule has 2 fully saturated rings. The van der Waals surface area contributed by atoms with E-state index in [1.54, 1.807) is 0 Å². The van der Waals surface area contributed by atoms with E-state index >= 15 is 0 Å². The molecule has 0 aliphatic heterocycles. The topological polar surface area (TPSA) is 17.1 Å². The molecule has 0 N–H and O–H groups in total. The number of carbonyl (C=O) groups excluding carboxylic acids is 1. The molecule has 0 aromatic carbocycles. The minimum Gasteiger partial charge on any atom is -0.297 e. The number of carbonyl (C=O) groups is 1. The molecule has 1 nitrogen and oxygen atoms in total. The average molecular weight is 338 g/mol. The van der Waals surface area contributed by atoms with Gasteiger partial charge in [-0.15, -0.1) is 0 Å². The largest absolute Gasteiger partial charge is 0.297 e. The van der Waals surface area contributed by atoms with Gasteiger partial charge in [0.05, 0.1) is 9.15 Å². The van der Waals surface area contributed by atoms with Crippen LogP contribution in [0, 0.1) is 5.92 Å². The van der Waals surface area contributed by atoms with E-state index in [-0.39, 0.29) is 9.15 Å². The van der Waals surface area contributed by atoms with Crippen LogP contribution in [-0.4, -0.2) is 14.9 Å². The van der Waals surface area contributed by atoms with Crippen molar-refractivity contribution in [1.82, 2.24) is 0 Å². The molecule has 0 heterocycles. The zero-order valence-electron chi connectivity index (χ0n) is 8.98. The van der Waals surface area contributed by atoms with Crippen molar-refractivity contribution in [1.29, 1.82) is 0 Å².